The van der Waals surface area contributed by atoms with E-state index in [9.17, 15) is 25.2 Å². The molecule has 0 saturated heterocycles. The number of hydrogen-bond acceptors (Lipinski definition) is 5. The van der Waals surface area contributed by atoms with E-state index in [0.29, 0.717) is 19.3 Å². The molecule has 4 unspecified atom stereocenters. The van der Waals surface area contributed by atoms with Crippen molar-refractivity contribution in [1.29, 1.82) is 0 Å². The Hall–Kier alpha value is -1.99. The first-order valence-corrected chi connectivity index (χ1v) is 20.7. The van der Waals surface area contributed by atoms with Crippen LogP contribution in [0.3, 0.4) is 0 Å². The number of unbranched alkanes of at least 4 members (excludes halogenated alkanes) is 17. The number of rotatable bonds is 36. The van der Waals surface area contributed by atoms with E-state index in [1.165, 1.54) is 77.0 Å². The quantitative estimate of drug-likeness (QED) is 0.0330. The Morgan fingerprint density at radius 3 is 1.48 bits per heavy atom. The van der Waals surface area contributed by atoms with Crippen molar-refractivity contribution in [2.75, 3.05) is 6.61 Å². The second-order valence-corrected chi connectivity index (χ2v) is 13.9. The lowest BCUT2D eigenvalue weighted by Gasteiger charge is -2.27. The SMILES string of the molecule is CC/C=C\C/C=C\CCCCCCCCCCCCCCCC(O)C(=O)NC(CO)C(O)C(O)CCC/C=C/CC/C=C/CC/C=C/CCC. The van der Waals surface area contributed by atoms with E-state index in [1.807, 2.05) is 0 Å². The maximum atomic E-state index is 12.5. The van der Waals surface area contributed by atoms with Crippen LogP contribution in [0.2, 0.25) is 0 Å². The van der Waals surface area contributed by atoms with Crippen molar-refractivity contribution in [3.8, 4) is 0 Å². The standard InChI is InChI=1S/C44H79NO5/c1-3-5-7-9-11-13-15-17-19-20-21-22-23-24-26-28-30-32-34-36-38-42(48)44(50)45-40(39-46)43(49)41(47)37-35-33-31-29-27-25-18-16-14-12-10-8-6-4-2/h5,7-8,10-11,13,16,18,29,31,40-43,46-49H,3-4,6,9,12,14-15,17,19-28,30,32-39H2,1-2H3,(H,45,50)/b7-5-,10-8+,13-11-,18-16+,31-29+. The van der Waals surface area contributed by atoms with Gasteiger partial charge in [0.2, 0.25) is 5.91 Å². The molecule has 4 atom stereocenters. The summed E-state index contributed by atoms with van der Waals surface area (Å²) in [4.78, 5) is 12.5. The van der Waals surface area contributed by atoms with Crippen molar-refractivity contribution in [2.24, 2.45) is 0 Å². The van der Waals surface area contributed by atoms with Gasteiger partial charge in [0.15, 0.2) is 0 Å². The van der Waals surface area contributed by atoms with Crippen LogP contribution in [-0.4, -0.2) is 57.3 Å². The highest BCUT2D eigenvalue weighted by Gasteiger charge is 2.28. The summed E-state index contributed by atoms with van der Waals surface area (Å²) in [7, 11) is 0. The first-order valence-electron chi connectivity index (χ1n) is 20.7. The Bertz CT molecular complexity index is 880. The summed E-state index contributed by atoms with van der Waals surface area (Å²) in [6.45, 7) is 3.85. The van der Waals surface area contributed by atoms with Crippen LogP contribution < -0.4 is 5.32 Å². The third-order valence-corrected chi connectivity index (χ3v) is 9.15. The summed E-state index contributed by atoms with van der Waals surface area (Å²) in [6, 6.07) is -1.01. The number of aliphatic hydroxyl groups excluding tert-OH is 4. The number of amides is 1. The van der Waals surface area contributed by atoms with Crippen molar-refractivity contribution >= 4 is 5.91 Å². The van der Waals surface area contributed by atoms with Crippen molar-refractivity contribution in [2.45, 2.75) is 205 Å². The maximum Gasteiger partial charge on any atom is 0.249 e. The Morgan fingerprint density at radius 2 is 0.960 bits per heavy atom. The molecule has 0 radical (unpaired) electrons. The average molecular weight is 702 g/mol. The zero-order chi connectivity index (χ0) is 36.8. The molecule has 0 fully saturated rings. The molecule has 0 rings (SSSR count). The normalized spacial score (nSPS) is 14.9. The van der Waals surface area contributed by atoms with Crippen LogP contribution in [0.1, 0.15) is 181 Å². The van der Waals surface area contributed by atoms with Crippen LogP contribution >= 0.6 is 0 Å². The fourth-order valence-corrected chi connectivity index (χ4v) is 5.89. The predicted molar refractivity (Wildman–Crippen MR) is 214 cm³/mol. The van der Waals surface area contributed by atoms with Gasteiger partial charge in [-0.25, -0.2) is 0 Å². The summed E-state index contributed by atoms with van der Waals surface area (Å²) in [5.74, 6) is -0.604. The lowest BCUT2D eigenvalue weighted by molar-refractivity contribution is -0.132. The lowest BCUT2D eigenvalue weighted by atomic mass is 10.00. The molecule has 0 aliphatic rings. The van der Waals surface area contributed by atoms with Gasteiger partial charge in [-0.15, -0.1) is 0 Å². The molecule has 6 heteroatoms. The minimum Gasteiger partial charge on any atom is -0.394 e. The number of carbonyl (C=O) groups excluding carboxylic acids is 1. The zero-order valence-corrected chi connectivity index (χ0v) is 32.4. The largest absolute Gasteiger partial charge is 0.394 e. The van der Waals surface area contributed by atoms with E-state index in [-0.39, 0.29) is 0 Å². The van der Waals surface area contributed by atoms with Crippen molar-refractivity contribution in [3.63, 3.8) is 0 Å². The van der Waals surface area contributed by atoms with E-state index in [0.717, 1.165) is 70.6 Å². The van der Waals surface area contributed by atoms with Crippen molar-refractivity contribution in [1.82, 2.24) is 5.32 Å². The molecule has 1 amide bonds. The Kier molecular flexibility index (Phi) is 36.7. The van der Waals surface area contributed by atoms with Crippen molar-refractivity contribution < 1.29 is 25.2 Å². The van der Waals surface area contributed by atoms with Gasteiger partial charge in [0, 0.05) is 0 Å². The number of allylic oxidation sites excluding steroid dienone is 10. The summed E-state index contributed by atoms with van der Waals surface area (Å²) >= 11 is 0. The molecule has 0 bridgehead atoms. The minimum absolute atomic E-state index is 0.355. The van der Waals surface area contributed by atoms with Crippen LogP contribution in [0.4, 0.5) is 0 Å². The molecule has 0 aromatic carbocycles. The summed E-state index contributed by atoms with van der Waals surface area (Å²) in [5.41, 5.74) is 0. The molecule has 0 aliphatic heterocycles. The minimum atomic E-state index is -1.29. The average Bonchev–Trinajstić information content (AvgIpc) is 3.12. The van der Waals surface area contributed by atoms with Gasteiger partial charge in [0.05, 0.1) is 18.8 Å². The molecular weight excluding hydrogens is 622 g/mol. The Balaban J connectivity index is 3.81. The third-order valence-electron chi connectivity index (χ3n) is 9.15. The molecular formula is C44H79NO5. The molecule has 0 spiro atoms. The highest BCUT2D eigenvalue weighted by Crippen LogP contribution is 2.15. The number of carbonyl (C=O) groups is 1. The first-order chi connectivity index (χ1) is 24.5. The first kappa shape index (κ1) is 48.0. The van der Waals surface area contributed by atoms with Gasteiger partial charge >= 0.3 is 0 Å². The fraction of sp³-hybridized carbons (Fsp3) is 0.750. The topological polar surface area (TPSA) is 110 Å². The van der Waals surface area contributed by atoms with Gasteiger partial charge in [-0.1, -0.05) is 158 Å². The second kappa shape index (κ2) is 38.2. The highest BCUT2D eigenvalue weighted by molar-refractivity contribution is 5.80. The number of nitrogens with one attached hydrogen (secondary N) is 1. The molecule has 0 heterocycles. The molecule has 0 aromatic heterocycles. The van der Waals surface area contributed by atoms with Gasteiger partial charge in [0.25, 0.3) is 0 Å². The summed E-state index contributed by atoms with van der Waals surface area (Å²) in [6.07, 6.45) is 46.7. The lowest BCUT2D eigenvalue weighted by Crippen LogP contribution is -2.53. The molecule has 50 heavy (non-hydrogen) atoms. The van der Waals surface area contributed by atoms with Crippen LogP contribution in [0.5, 0.6) is 0 Å². The monoisotopic (exact) mass is 702 g/mol. The fourth-order valence-electron chi connectivity index (χ4n) is 5.89. The summed E-state index contributed by atoms with van der Waals surface area (Å²) < 4.78 is 0. The molecule has 6 nitrogen and oxygen atoms in total. The highest BCUT2D eigenvalue weighted by atomic mass is 16.3. The molecule has 0 saturated carbocycles. The van der Waals surface area contributed by atoms with Gasteiger partial charge in [-0.05, 0) is 83.5 Å². The van der Waals surface area contributed by atoms with Gasteiger partial charge in [-0.3, -0.25) is 4.79 Å². The second-order valence-electron chi connectivity index (χ2n) is 13.9. The van der Waals surface area contributed by atoms with E-state index in [2.05, 4.69) is 79.9 Å². The summed E-state index contributed by atoms with van der Waals surface area (Å²) in [5, 5.41) is 43.5. The van der Waals surface area contributed by atoms with Gasteiger partial charge in [-0.2, -0.15) is 0 Å². The third kappa shape index (κ3) is 32.0. The Morgan fingerprint density at radius 1 is 0.520 bits per heavy atom. The smallest absolute Gasteiger partial charge is 0.249 e. The van der Waals surface area contributed by atoms with Crippen LogP contribution in [-0.2, 0) is 4.79 Å². The van der Waals surface area contributed by atoms with Gasteiger partial charge < -0.3 is 25.7 Å². The van der Waals surface area contributed by atoms with Crippen molar-refractivity contribution in [3.05, 3.63) is 60.8 Å². The molecule has 0 aliphatic carbocycles. The van der Waals surface area contributed by atoms with Crippen LogP contribution in [0.25, 0.3) is 0 Å². The van der Waals surface area contributed by atoms with Crippen LogP contribution in [0, 0.1) is 0 Å². The maximum absolute atomic E-state index is 12.5. The number of aliphatic hydroxyl groups is 4. The zero-order valence-electron chi connectivity index (χ0n) is 32.4. The molecule has 5 N–H and O–H groups in total. The van der Waals surface area contributed by atoms with Crippen LogP contribution in [0.15, 0.2) is 60.8 Å². The van der Waals surface area contributed by atoms with E-state index >= 15 is 0 Å². The van der Waals surface area contributed by atoms with E-state index in [1.54, 1.807) is 0 Å². The van der Waals surface area contributed by atoms with E-state index in [4.69, 9.17) is 0 Å². The number of hydrogen-bond donors (Lipinski definition) is 5. The molecule has 290 valence electrons. The molecule has 0 aromatic rings. The van der Waals surface area contributed by atoms with Gasteiger partial charge in [0.1, 0.15) is 12.2 Å². The predicted octanol–water partition coefficient (Wildman–Crippen LogP) is 10.5. The Labute approximate surface area is 308 Å². The van der Waals surface area contributed by atoms with E-state index < -0.39 is 36.9 Å².